The number of carbonyl (C=O) groups is 1. The number of hydrogen-bond acceptors (Lipinski definition) is 5. The second kappa shape index (κ2) is 7.17. The Labute approximate surface area is 171 Å². The lowest BCUT2D eigenvalue weighted by Gasteiger charge is -2.39. The molecule has 5 rings (SSSR count). The first-order valence-corrected chi connectivity index (χ1v) is 9.92. The Balaban J connectivity index is 1.64. The first-order chi connectivity index (χ1) is 14.5. The summed E-state index contributed by atoms with van der Waals surface area (Å²) in [6, 6.07) is 3.19. The van der Waals surface area contributed by atoms with Crippen molar-refractivity contribution in [1.29, 1.82) is 0 Å². The molecule has 0 aliphatic carbocycles. The van der Waals surface area contributed by atoms with E-state index in [9.17, 15) is 18.0 Å². The van der Waals surface area contributed by atoms with Gasteiger partial charge in [0.05, 0.1) is 11.7 Å². The Morgan fingerprint density at radius 1 is 1.20 bits per heavy atom. The van der Waals surface area contributed by atoms with Crippen LogP contribution in [0.2, 0.25) is 0 Å². The van der Waals surface area contributed by atoms with Crippen molar-refractivity contribution in [2.75, 3.05) is 7.05 Å². The minimum absolute atomic E-state index is 0.0409. The quantitative estimate of drug-likeness (QED) is 0.764. The van der Waals surface area contributed by atoms with Crippen molar-refractivity contribution in [1.82, 2.24) is 25.3 Å². The second-order valence-corrected chi connectivity index (χ2v) is 7.95. The van der Waals surface area contributed by atoms with Crippen LogP contribution in [0.15, 0.2) is 42.0 Å². The van der Waals surface area contributed by atoms with Crippen LogP contribution in [-0.4, -0.2) is 45.0 Å². The molecule has 3 atom stereocenters. The molecule has 3 aliphatic heterocycles. The largest absolute Gasteiger partial charge is 0.306 e. The van der Waals surface area contributed by atoms with Gasteiger partial charge in [-0.15, -0.1) is 0 Å². The molecule has 9 heteroatoms. The van der Waals surface area contributed by atoms with Crippen molar-refractivity contribution < 1.29 is 18.0 Å². The van der Waals surface area contributed by atoms with Crippen molar-refractivity contribution in [3.8, 4) is 0 Å². The van der Waals surface area contributed by atoms with E-state index in [1.54, 1.807) is 17.1 Å². The minimum atomic E-state index is -1.50. The summed E-state index contributed by atoms with van der Waals surface area (Å²) < 4.78 is 41.7. The number of benzene rings is 1. The van der Waals surface area contributed by atoms with E-state index >= 15 is 0 Å². The monoisotopic (exact) mass is 415 g/mol. The van der Waals surface area contributed by atoms with E-state index in [1.807, 2.05) is 0 Å². The summed E-state index contributed by atoms with van der Waals surface area (Å²) in [6.45, 7) is 0. The summed E-state index contributed by atoms with van der Waals surface area (Å²) in [4.78, 5) is 21.3. The third kappa shape index (κ3) is 2.92. The fraction of sp³-hybridized carbons (Fsp3) is 0.381. The van der Waals surface area contributed by atoms with E-state index in [0.717, 1.165) is 42.7 Å². The fourth-order valence-electron chi connectivity index (χ4n) is 4.96. The smallest absolute Gasteiger partial charge is 0.291 e. The van der Waals surface area contributed by atoms with Gasteiger partial charge < -0.3 is 5.32 Å². The van der Waals surface area contributed by atoms with Crippen LogP contribution >= 0.6 is 0 Å². The van der Waals surface area contributed by atoms with Gasteiger partial charge in [-0.1, -0.05) is 0 Å². The molecule has 1 N–H and O–H groups in total. The molecule has 2 aromatic rings. The molecule has 1 aromatic heterocycles. The van der Waals surface area contributed by atoms with Gasteiger partial charge in [-0.3, -0.25) is 4.79 Å². The van der Waals surface area contributed by atoms with Gasteiger partial charge >= 0.3 is 0 Å². The summed E-state index contributed by atoms with van der Waals surface area (Å²) >= 11 is 0. The highest BCUT2D eigenvalue weighted by Gasteiger charge is 2.48. The van der Waals surface area contributed by atoms with E-state index in [0.29, 0.717) is 6.42 Å². The molecule has 1 saturated heterocycles. The predicted octanol–water partition coefficient (Wildman–Crippen LogP) is 3.11. The van der Waals surface area contributed by atoms with Crippen LogP contribution in [0.5, 0.6) is 0 Å². The van der Waals surface area contributed by atoms with Gasteiger partial charge in [0.1, 0.15) is 12.0 Å². The number of halogens is 3. The van der Waals surface area contributed by atoms with Crippen LogP contribution in [0.25, 0.3) is 0 Å². The molecule has 30 heavy (non-hydrogen) atoms. The Morgan fingerprint density at radius 2 is 1.97 bits per heavy atom. The van der Waals surface area contributed by atoms with E-state index in [2.05, 4.69) is 15.3 Å². The molecule has 0 spiro atoms. The first kappa shape index (κ1) is 19.2. The van der Waals surface area contributed by atoms with Gasteiger partial charge in [-0.05, 0) is 55.0 Å². The number of hydrazine groups is 1. The van der Waals surface area contributed by atoms with Crippen molar-refractivity contribution in [3.63, 3.8) is 0 Å². The van der Waals surface area contributed by atoms with E-state index in [-0.39, 0.29) is 29.2 Å². The molecule has 6 nitrogen and oxygen atoms in total. The predicted molar refractivity (Wildman–Crippen MR) is 101 cm³/mol. The average molecular weight is 415 g/mol. The maximum atomic E-state index is 14.0. The van der Waals surface area contributed by atoms with Crippen LogP contribution in [0.1, 0.15) is 47.8 Å². The lowest BCUT2D eigenvalue weighted by molar-refractivity contribution is 0.0203. The SMILES string of the molecule is CN1C(c2cc(F)c(F)c(F)c2)C2=C([C@@H]3CCC[C@H](C2)N3)N1C(=O)c1ccncn1. The highest BCUT2D eigenvalue weighted by Crippen LogP contribution is 2.47. The molecule has 156 valence electrons. The minimum Gasteiger partial charge on any atom is -0.306 e. The van der Waals surface area contributed by atoms with E-state index < -0.39 is 23.5 Å². The topological polar surface area (TPSA) is 61.4 Å². The van der Waals surface area contributed by atoms with Gasteiger partial charge in [-0.2, -0.15) is 0 Å². The second-order valence-electron chi connectivity index (χ2n) is 7.95. The maximum Gasteiger partial charge on any atom is 0.291 e. The van der Waals surface area contributed by atoms with Crippen molar-refractivity contribution in [2.45, 2.75) is 43.8 Å². The zero-order valence-electron chi connectivity index (χ0n) is 16.3. The normalized spacial score (nSPS) is 26.1. The molecule has 0 radical (unpaired) electrons. The van der Waals surface area contributed by atoms with Gasteiger partial charge in [0.2, 0.25) is 0 Å². The number of fused-ring (bicyclic) bond motifs is 3. The third-order valence-corrected chi connectivity index (χ3v) is 6.17. The fourth-order valence-corrected chi connectivity index (χ4v) is 4.96. The highest BCUT2D eigenvalue weighted by molar-refractivity contribution is 5.93. The van der Waals surface area contributed by atoms with Crippen molar-refractivity contribution in [3.05, 3.63) is 70.7 Å². The van der Waals surface area contributed by atoms with Crippen LogP contribution < -0.4 is 5.32 Å². The molecule has 0 saturated carbocycles. The van der Waals surface area contributed by atoms with E-state index in [1.165, 1.54) is 18.6 Å². The molecule has 2 bridgehead atoms. The molecular weight excluding hydrogens is 395 g/mol. The molecule has 1 fully saturated rings. The molecule has 1 amide bonds. The van der Waals surface area contributed by atoms with Gasteiger partial charge in [-0.25, -0.2) is 33.2 Å². The molecule has 4 heterocycles. The highest BCUT2D eigenvalue weighted by atomic mass is 19.2. The van der Waals surface area contributed by atoms with Gasteiger partial charge in [0.15, 0.2) is 17.5 Å². The van der Waals surface area contributed by atoms with E-state index in [4.69, 9.17) is 0 Å². The summed E-state index contributed by atoms with van der Waals surface area (Å²) in [5, 5.41) is 6.78. The summed E-state index contributed by atoms with van der Waals surface area (Å²) in [5.41, 5.74) is 2.23. The van der Waals surface area contributed by atoms with Crippen LogP contribution in [-0.2, 0) is 0 Å². The number of rotatable bonds is 2. The first-order valence-electron chi connectivity index (χ1n) is 9.92. The Bertz CT molecular complexity index is 1020. The van der Waals surface area contributed by atoms with Gasteiger partial charge in [0.25, 0.3) is 5.91 Å². The van der Waals surface area contributed by atoms with Crippen LogP contribution in [0, 0.1) is 17.5 Å². The Kier molecular flexibility index (Phi) is 4.59. The maximum absolute atomic E-state index is 14.0. The number of nitrogens with zero attached hydrogens (tertiary/aromatic N) is 4. The zero-order valence-corrected chi connectivity index (χ0v) is 16.3. The lowest BCUT2D eigenvalue weighted by atomic mass is 9.81. The number of nitrogens with one attached hydrogen (secondary N) is 1. The summed E-state index contributed by atoms with van der Waals surface area (Å²) in [6.07, 6.45) is 6.32. The average Bonchev–Trinajstić information content (AvgIpc) is 3.04. The standard InChI is InChI=1S/C21H20F3N5O/c1-28-19(11-7-14(22)18(24)15(23)8-11)13-9-12-3-2-4-16(27-12)20(13)29(28)21(30)17-5-6-25-10-26-17/h5-8,10,12,16,19,27H,2-4,9H2,1H3/t12-,16+,19?/m1/s1. The molecule has 3 aliphatic rings. The van der Waals surface area contributed by atoms with Gasteiger partial charge in [0, 0.05) is 25.3 Å². The number of amides is 1. The molecule has 1 aromatic carbocycles. The zero-order chi connectivity index (χ0) is 21.0. The number of piperidine rings is 1. The number of aromatic nitrogens is 2. The summed E-state index contributed by atoms with van der Waals surface area (Å²) in [7, 11) is 1.70. The van der Waals surface area contributed by atoms with Crippen LogP contribution in [0.3, 0.4) is 0 Å². The third-order valence-electron chi connectivity index (χ3n) is 6.17. The number of likely N-dealkylation sites (N-methyl/N-ethyl adjacent to an activating group) is 1. The van der Waals surface area contributed by atoms with Crippen molar-refractivity contribution >= 4 is 5.91 Å². The molecule has 1 unspecified atom stereocenters. The van der Waals surface area contributed by atoms with Crippen LogP contribution in [0.4, 0.5) is 13.2 Å². The Morgan fingerprint density at radius 3 is 2.67 bits per heavy atom. The lowest BCUT2D eigenvalue weighted by Crippen LogP contribution is -2.51. The number of hydrogen-bond donors (Lipinski definition) is 1. The summed E-state index contributed by atoms with van der Waals surface area (Å²) in [5.74, 6) is -4.32. The Hall–Kier alpha value is -2.78. The van der Waals surface area contributed by atoms with Crippen molar-refractivity contribution in [2.24, 2.45) is 0 Å². The molecular formula is C21H20F3N5O. The number of carbonyl (C=O) groups excluding carboxylic acids is 1.